The Balaban J connectivity index is 0.719. The molecule has 2 aromatic carbocycles. The number of piperidine rings is 1. The Bertz CT molecular complexity index is 2390. The number of ether oxygens (including phenoxy) is 1. The molecule has 5 aliphatic rings. The number of methoxy groups -OCH3 is 1. The van der Waals surface area contributed by atoms with Gasteiger partial charge in [-0.1, -0.05) is 24.8 Å². The zero-order valence-electron chi connectivity index (χ0n) is 33.8. The highest BCUT2D eigenvalue weighted by molar-refractivity contribution is 7.18. The van der Waals surface area contributed by atoms with Crippen molar-refractivity contribution in [1.82, 2.24) is 25.1 Å². The summed E-state index contributed by atoms with van der Waals surface area (Å²) in [6.45, 7) is 9.12. The van der Waals surface area contributed by atoms with Crippen LogP contribution >= 0.6 is 11.3 Å². The number of carbonyl (C=O) groups excluding carboxylic acids is 4. The van der Waals surface area contributed by atoms with Crippen LogP contribution in [0.15, 0.2) is 55.1 Å². The fourth-order valence-electron chi connectivity index (χ4n) is 10.2. The first kappa shape index (κ1) is 40.1. The van der Waals surface area contributed by atoms with Crippen LogP contribution in [-0.2, 0) is 15.5 Å². The highest BCUT2D eigenvalue weighted by Gasteiger charge is 2.52. The molecular weight excluding hydrogens is 789 g/mol. The van der Waals surface area contributed by atoms with E-state index in [0.717, 1.165) is 78.6 Å². The number of aromatic nitrogens is 2. The molecule has 2 aromatic heterocycles. The summed E-state index contributed by atoms with van der Waals surface area (Å²) in [5.74, 6) is -2.62. The maximum Gasteiger partial charge on any atom is 0.287 e. The molecule has 314 valence electrons. The van der Waals surface area contributed by atoms with Gasteiger partial charge in [-0.3, -0.25) is 29.4 Å². The third kappa shape index (κ3) is 7.66. The van der Waals surface area contributed by atoms with Gasteiger partial charge in [-0.15, -0.1) is 11.3 Å². The summed E-state index contributed by atoms with van der Waals surface area (Å²) >= 11 is 1.63. The van der Waals surface area contributed by atoms with Crippen molar-refractivity contribution < 1.29 is 32.7 Å². The van der Waals surface area contributed by atoms with Gasteiger partial charge in [0.25, 0.3) is 17.7 Å². The minimum atomic E-state index is -3.16. The normalized spacial score (nSPS) is 23.0. The van der Waals surface area contributed by atoms with Gasteiger partial charge in [-0.25, -0.2) is 9.97 Å². The molecule has 60 heavy (non-hydrogen) atoms. The summed E-state index contributed by atoms with van der Waals surface area (Å²) < 4.78 is 34.2. The third-order valence-corrected chi connectivity index (χ3v) is 14.3. The number of benzene rings is 2. The standard InChI is InChI=1S/C45H49F2N7O5S/c1-25-29-6-4-7-30(39(29)43(58)54(25)34-14-15-38(55)52-41(34)57)48-17-16-27-20-45(21-27)23-53(24-45)22-26-10-12-28(13-11-26)42-51-33-18-35(59-3)32(19-36(33)60-42)50-40(56)31-8-5-9-37(49-31)44(2,46)47/h4-9,18-19,26-28,34,48H,1,10-17,20-24H2,2-3H3,(H,50,56)(H,52,55,57). The van der Waals surface area contributed by atoms with Crippen molar-refractivity contribution >= 4 is 62.3 Å². The third-order valence-electron chi connectivity index (χ3n) is 13.2. The maximum absolute atomic E-state index is 13.8. The summed E-state index contributed by atoms with van der Waals surface area (Å²) in [6, 6.07) is 12.6. The van der Waals surface area contributed by atoms with Crippen molar-refractivity contribution in [3.63, 3.8) is 0 Å². The van der Waals surface area contributed by atoms with E-state index in [9.17, 15) is 28.0 Å². The minimum Gasteiger partial charge on any atom is -0.494 e. The number of rotatable bonds is 12. The van der Waals surface area contributed by atoms with Crippen LogP contribution < -0.4 is 20.7 Å². The van der Waals surface area contributed by atoms with Gasteiger partial charge in [0.1, 0.15) is 23.2 Å². The summed E-state index contributed by atoms with van der Waals surface area (Å²) in [5, 5.41) is 9.75. The number of likely N-dealkylation sites (tertiary alicyclic amines) is 1. The molecule has 4 aromatic rings. The smallest absolute Gasteiger partial charge is 0.287 e. The monoisotopic (exact) mass is 837 g/mol. The number of carbonyl (C=O) groups is 4. The number of nitrogens with zero attached hydrogens (tertiary/aromatic N) is 4. The molecule has 2 aliphatic carbocycles. The molecule has 15 heteroatoms. The number of alkyl halides is 2. The largest absolute Gasteiger partial charge is 0.494 e. The molecule has 1 atom stereocenters. The number of hydrogen-bond acceptors (Lipinski definition) is 10. The maximum atomic E-state index is 13.8. The molecule has 9 rings (SSSR count). The van der Waals surface area contributed by atoms with Crippen molar-refractivity contribution in [3.05, 3.63) is 82.6 Å². The quantitative estimate of drug-likeness (QED) is 0.122. The van der Waals surface area contributed by atoms with Crippen LogP contribution in [0, 0.1) is 17.3 Å². The van der Waals surface area contributed by atoms with Crippen LogP contribution in [0.2, 0.25) is 0 Å². The molecule has 5 heterocycles. The lowest BCUT2D eigenvalue weighted by Gasteiger charge is -2.60. The number of thiazole rings is 1. The molecule has 1 spiro atoms. The average molecular weight is 838 g/mol. The molecule has 3 N–H and O–H groups in total. The van der Waals surface area contributed by atoms with Gasteiger partial charge in [-0.05, 0) is 92.9 Å². The lowest BCUT2D eigenvalue weighted by molar-refractivity contribution is -0.136. The minimum absolute atomic E-state index is 0.101. The van der Waals surface area contributed by atoms with Gasteiger partial charge in [0.05, 0.1) is 33.6 Å². The Labute approximate surface area is 351 Å². The Kier molecular flexibility index (Phi) is 10.5. The van der Waals surface area contributed by atoms with Crippen LogP contribution in [-0.4, -0.2) is 82.7 Å². The van der Waals surface area contributed by atoms with Gasteiger partial charge < -0.3 is 20.3 Å². The summed E-state index contributed by atoms with van der Waals surface area (Å²) in [7, 11) is 1.52. The zero-order chi connectivity index (χ0) is 41.9. The SMILES string of the molecule is C=C1c2cccc(NCCC3CC4(C3)CN(CC3CCC(c5nc6cc(OC)c(NC(=O)c7cccc(C(C)(F)F)n7)cc6s5)CC3)C4)c2C(=O)N1C1CCC(=O)NC1=O. The number of halogens is 2. The molecule has 4 fully saturated rings. The number of imide groups is 1. The topological polar surface area (TPSA) is 146 Å². The second kappa shape index (κ2) is 15.6. The van der Waals surface area contributed by atoms with Gasteiger partial charge in [0.15, 0.2) is 0 Å². The highest BCUT2D eigenvalue weighted by atomic mass is 32.1. The number of anilines is 2. The molecule has 1 unspecified atom stereocenters. The summed E-state index contributed by atoms with van der Waals surface area (Å²) in [4.78, 5) is 63.8. The van der Waals surface area contributed by atoms with Gasteiger partial charge in [-0.2, -0.15) is 8.78 Å². The van der Waals surface area contributed by atoms with E-state index in [4.69, 9.17) is 9.72 Å². The molecule has 2 saturated carbocycles. The second-order valence-electron chi connectivity index (χ2n) is 17.5. The predicted octanol–water partition coefficient (Wildman–Crippen LogP) is 7.78. The van der Waals surface area contributed by atoms with Gasteiger partial charge >= 0.3 is 0 Å². The Morgan fingerprint density at radius 1 is 1.02 bits per heavy atom. The van der Waals surface area contributed by atoms with Crippen molar-refractivity contribution in [1.29, 1.82) is 0 Å². The van der Waals surface area contributed by atoms with E-state index in [-0.39, 0.29) is 30.3 Å². The lowest BCUT2D eigenvalue weighted by atomic mass is 9.57. The molecule has 4 amide bonds. The van der Waals surface area contributed by atoms with E-state index in [1.807, 2.05) is 30.3 Å². The fraction of sp³-hybridized carbons (Fsp3) is 0.467. The second-order valence-corrected chi connectivity index (χ2v) is 18.6. The number of fused-ring (bicyclic) bond motifs is 2. The van der Waals surface area contributed by atoms with Crippen LogP contribution in [0.1, 0.15) is 108 Å². The molecule has 0 bridgehead atoms. The van der Waals surface area contributed by atoms with E-state index in [1.54, 1.807) is 11.3 Å². The van der Waals surface area contributed by atoms with Crippen LogP contribution in [0.25, 0.3) is 15.9 Å². The predicted molar refractivity (Wildman–Crippen MR) is 225 cm³/mol. The van der Waals surface area contributed by atoms with Crippen molar-refractivity contribution in [3.8, 4) is 5.75 Å². The van der Waals surface area contributed by atoms with E-state index < -0.39 is 29.5 Å². The molecule has 3 aliphatic heterocycles. The van der Waals surface area contributed by atoms with Crippen molar-refractivity contribution in [2.24, 2.45) is 17.3 Å². The number of pyridine rings is 1. The Morgan fingerprint density at radius 3 is 2.52 bits per heavy atom. The van der Waals surface area contributed by atoms with Crippen LogP contribution in [0.3, 0.4) is 0 Å². The summed E-state index contributed by atoms with van der Waals surface area (Å²) in [6.07, 6.45) is 8.49. The van der Waals surface area contributed by atoms with Crippen LogP contribution in [0.4, 0.5) is 20.2 Å². The number of hydrogen-bond donors (Lipinski definition) is 3. The highest BCUT2D eigenvalue weighted by Crippen LogP contribution is 2.53. The zero-order valence-corrected chi connectivity index (χ0v) is 34.6. The lowest BCUT2D eigenvalue weighted by Crippen LogP contribution is -2.63. The molecule has 0 radical (unpaired) electrons. The van der Waals surface area contributed by atoms with Crippen molar-refractivity contribution in [2.75, 3.05) is 43.9 Å². The summed E-state index contributed by atoms with van der Waals surface area (Å²) in [5.41, 5.74) is 3.66. The Morgan fingerprint density at radius 2 is 1.78 bits per heavy atom. The first-order chi connectivity index (χ1) is 28.8. The molecule has 12 nitrogen and oxygen atoms in total. The van der Waals surface area contributed by atoms with Crippen molar-refractivity contribution in [2.45, 2.75) is 82.6 Å². The first-order valence-electron chi connectivity index (χ1n) is 20.9. The first-order valence-corrected chi connectivity index (χ1v) is 21.7. The molecular formula is C45H49F2N7O5S. The fourth-order valence-corrected chi connectivity index (χ4v) is 11.4. The Hall–Kier alpha value is -5.28. The number of amides is 4. The number of nitrogens with one attached hydrogen (secondary N) is 3. The van der Waals surface area contributed by atoms with E-state index in [0.29, 0.717) is 45.9 Å². The van der Waals surface area contributed by atoms with Gasteiger partial charge in [0.2, 0.25) is 11.8 Å². The van der Waals surface area contributed by atoms with Crippen LogP contribution in [0.5, 0.6) is 5.75 Å². The van der Waals surface area contributed by atoms with E-state index in [2.05, 4.69) is 32.4 Å². The van der Waals surface area contributed by atoms with Gasteiger partial charge in [0, 0.05) is 68.5 Å². The van der Waals surface area contributed by atoms with E-state index >= 15 is 0 Å². The van der Waals surface area contributed by atoms with E-state index in [1.165, 1.54) is 56.1 Å². The molecule has 2 saturated heterocycles. The average Bonchev–Trinajstić information content (AvgIpc) is 3.73.